The van der Waals surface area contributed by atoms with Gasteiger partial charge in [-0.1, -0.05) is 24.5 Å². The molecule has 1 aromatic rings. The zero-order chi connectivity index (χ0) is 20.8. The number of hydrogen-bond acceptors (Lipinski definition) is 3. The number of sulfonamides is 1. The second-order valence-electron chi connectivity index (χ2n) is 6.68. The van der Waals surface area contributed by atoms with Gasteiger partial charge >= 0.3 is 6.18 Å². The number of benzene rings is 1. The average Bonchev–Trinajstić information content (AvgIpc) is 2.66. The fourth-order valence-electron chi connectivity index (χ4n) is 3.05. The lowest BCUT2D eigenvalue weighted by molar-refractivity contribution is -0.159. The summed E-state index contributed by atoms with van der Waals surface area (Å²) < 4.78 is 64.3. The van der Waals surface area contributed by atoms with E-state index in [0.717, 1.165) is 19.3 Å². The summed E-state index contributed by atoms with van der Waals surface area (Å²) in [6.07, 6.45) is 3.27. The highest BCUT2D eigenvalue weighted by atomic mass is 32.2. The van der Waals surface area contributed by atoms with Gasteiger partial charge in [-0.2, -0.15) is 17.5 Å². The summed E-state index contributed by atoms with van der Waals surface area (Å²) >= 11 is 0. The fourth-order valence-corrected chi connectivity index (χ4v) is 4.57. The highest BCUT2D eigenvalue weighted by molar-refractivity contribution is 7.89. The Labute approximate surface area is 163 Å². The normalized spacial score (nSPS) is 15.8. The topological polar surface area (TPSA) is 57.7 Å². The van der Waals surface area contributed by atoms with Crippen molar-refractivity contribution >= 4 is 15.9 Å². The molecule has 1 fully saturated rings. The summed E-state index contributed by atoms with van der Waals surface area (Å²) in [7, 11) is -3.54. The molecule has 0 atom stereocenters. The Morgan fingerprint density at radius 3 is 2.29 bits per heavy atom. The number of halogens is 3. The Morgan fingerprint density at radius 2 is 1.75 bits per heavy atom. The highest BCUT2D eigenvalue weighted by Crippen LogP contribution is 2.21. The van der Waals surface area contributed by atoms with E-state index in [1.807, 2.05) is 0 Å². The van der Waals surface area contributed by atoms with Crippen molar-refractivity contribution in [3.63, 3.8) is 0 Å². The number of rotatable bonds is 7. The maximum atomic E-state index is 12.6. The number of carbonyl (C=O) groups is 1. The molecule has 1 aliphatic heterocycles. The van der Waals surface area contributed by atoms with E-state index in [0.29, 0.717) is 23.6 Å². The maximum Gasteiger partial charge on any atom is 0.406 e. The SMILES string of the molecule is C#CCN(CC(F)(F)F)C(=O)CCc1ccc(S(=O)(=O)N2CCCCC2)cc1. The number of amides is 1. The molecular weight excluding hydrogens is 393 g/mol. The predicted molar refractivity (Wildman–Crippen MR) is 98.8 cm³/mol. The first kappa shape index (κ1) is 22.2. The Hall–Kier alpha value is -2.05. The Kier molecular flexibility index (Phi) is 7.49. The molecule has 1 aromatic carbocycles. The van der Waals surface area contributed by atoms with Gasteiger partial charge in [0.05, 0.1) is 11.4 Å². The van der Waals surface area contributed by atoms with Gasteiger partial charge < -0.3 is 4.90 Å². The molecule has 1 saturated heterocycles. The molecule has 2 rings (SSSR count). The first-order valence-corrected chi connectivity index (χ1v) is 10.4. The predicted octanol–water partition coefficient (Wildman–Crippen LogP) is 2.82. The van der Waals surface area contributed by atoms with E-state index < -0.39 is 35.2 Å². The van der Waals surface area contributed by atoms with Gasteiger partial charge in [-0.15, -0.1) is 6.42 Å². The monoisotopic (exact) mass is 416 g/mol. The van der Waals surface area contributed by atoms with Crippen molar-refractivity contribution in [2.24, 2.45) is 0 Å². The fraction of sp³-hybridized carbons (Fsp3) is 0.526. The van der Waals surface area contributed by atoms with Gasteiger partial charge in [0.2, 0.25) is 15.9 Å². The van der Waals surface area contributed by atoms with Crippen LogP contribution >= 0.6 is 0 Å². The molecule has 154 valence electrons. The van der Waals surface area contributed by atoms with Gasteiger partial charge in [0.25, 0.3) is 0 Å². The lowest BCUT2D eigenvalue weighted by Crippen LogP contribution is -2.39. The number of terminal acetylenes is 1. The molecule has 0 spiro atoms. The second-order valence-corrected chi connectivity index (χ2v) is 8.62. The van der Waals surface area contributed by atoms with Crippen molar-refractivity contribution in [1.82, 2.24) is 9.21 Å². The third kappa shape index (κ3) is 6.24. The van der Waals surface area contributed by atoms with Crippen LogP contribution in [-0.4, -0.2) is 55.9 Å². The van der Waals surface area contributed by atoms with E-state index in [2.05, 4.69) is 5.92 Å². The summed E-state index contributed by atoms with van der Waals surface area (Å²) in [5, 5.41) is 0. The zero-order valence-electron chi connectivity index (χ0n) is 15.4. The van der Waals surface area contributed by atoms with Crippen molar-refractivity contribution in [3.8, 4) is 12.3 Å². The number of hydrogen-bond donors (Lipinski definition) is 0. The first-order chi connectivity index (χ1) is 13.1. The van der Waals surface area contributed by atoms with Crippen molar-refractivity contribution in [3.05, 3.63) is 29.8 Å². The average molecular weight is 416 g/mol. The molecule has 0 bridgehead atoms. The summed E-state index contributed by atoms with van der Waals surface area (Å²) in [6.45, 7) is -0.792. The molecular formula is C19H23F3N2O3S. The number of carbonyl (C=O) groups excluding carboxylic acids is 1. The Balaban J connectivity index is 1.98. The molecule has 28 heavy (non-hydrogen) atoms. The number of nitrogens with zero attached hydrogens (tertiary/aromatic N) is 2. The molecule has 9 heteroatoms. The van der Waals surface area contributed by atoms with E-state index in [1.165, 1.54) is 16.4 Å². The van der Waals surface area contributed by atoms with Crippen LogP contribution in [0.5, 0.6) is 0 Å². The number of piperidine rings is 1. The van der Waals surface area contributed by atoms with Gasteiger partial charge in [-0.25, -0.2) is 8.42 Å². The first-order valence-electron chi connectivity index (χ1n) is 9.00. The van der Waals surface area contributed by atoms with E-state index in [9.17, 15) is 26.4 Å². The molecule has 1 heterocycles. The lowest BCUT2D eigenvalue weighted by atomic mass is 10.1. The lowest BCUT2D eigenvalue weighted by Gasteiger charge is -2.25. The largest absolute Gasteiger partial charge is 0.406 e. The Morgan fingerprint density at radius 1 is 1.14 bits per heavy atom. The standard InChI is InChI=1S/C19H23F3N2O3S/c1-2-12-23(15-19(20,21)22)18(25)11-8-16-6-9-17(10-7-16)28(26,27)24-13-4-3-5-14-24/h1,6-7,9-10H,3-5,8,11-15H2. The third-order valence-electron chi connectivity index (χ3n) is 4.51. The van der Waals surface area contributed by atoms with Gasteiger partial charge in [0, 0.05) is 19.5 Å². The van der Waals surface area contributed by atoms with Crippen LogP contribution in [0.3, 0.4) is 0 Å². The quantitative estimate of drug-likeness (QED) is 0.643. The van der Waals surface area contributed by atoms with Gasteiger partial charge in [0.1, 0.15) is 6.54 Å². The van der Waals surface area contributed by atoms with Crippen molar-refractivity contribution in [2.45, 2.75) is 43.2 Å². The molecule has 0 saturated carbocycles. The van der Waals surface area contributed by atoms with Crippen LogP contribution in [0.1, 0.15) is 31.2 Å². The summed E-state index contributed by atoms with van der Waals surface area (Å²) in [5.74, 6) is 1.36. The van der Waals surface area contributed by atoms with E-state index in [4.69, 9.17) is 6.42 Å². The number of alkyl halides is 3. The minimum atomic E-state index is -4.52. The number of aryl methyl sites for hydroxylation is 1. The summed E-state index contributed by atoms with van der Waals surface area (Å²) in [4.78, 5) is 12.8. The van der Waals surface area contributed by atoms with Crippen LogP contribution < -0.4 is 0 Å². The molecule has 0 unspecified atom stereocenters. The van der Waals surface area contributed by atoms with E-state index in [1.54, 1.807) is 12.1 Å². The van der Waals surface area contributed by atoms with Crippen molar-refractivity contribution in [2.75, 3.05) is 26.2 Å². The minimum absolute atomic E-state index is 0.143. The molecule has 0 aromatic heterocycles. The van der Waals surface area contributed by atoms with E-state index >= 15 is 0 Å². The van der Waals surface area contributed by atoms with Crippen LogP contribution in [0.25, 0.3) is 0 Å². The summed E-state index contributed by atoms with van der Waals surface area (Å²) in [6, 6.07) is 6.11. The van der Waals surface area contributed by atoms with Gasteiger partial charge in [0.15, 0.2) is 0 Å². The van der Waals surface area contributed by atoms with Crippen LogP contribution in [0.4, 0.5) is 13.2 Å². The molecule has 0 N–H and O–H groups in total. The molecule has 1 aliphatic rings. The second kappa shape index (κ2) is 9.43. The minimum Gasteiger partial charge on any atom is -0.322 e. The van der Waals surface area contributed by atoms with Crippen LogP contribution in [0, 0.1) is 12.3 Å². The molecule has 0 aliphatic carbocycles. The molecule has 1 amide bonds. The Bertz CT molecular complexity index is 808. The maximum absolute atomic E-state index is 12.6. The van der Waals surface area contributed by atoms with Crippen LogP contribution in [-0.2, 0) is 21.2 Å². The zero-order valence-corrected chi connectivity index (χ0v) is 16.2. The summed E-state index contributed by atoms with van der Waals surface area (Å²) in [5.41, 5.74) is 0.665. The molecule has 5 nitrogen and oxygen atoms in total. The molecule has 0 radical (unpaired) electrons. The van der Waals surface area contributed by atoms with Crippen molar-refractivity contribution in [1.29, 1.82) is 0 Å². The third-order valence-corrected chi connectivity index (χ3v) is 6.42. The highest BCUT2D eigenvalue weighted by Gasteiger charge is 2.32. The van der Waals surface area contributed by atoms with E-state index in [-0.39, 0.29) is 17.7 Å². The van der Waals surface area contributed by atoms with Gasteiger partial charge in [-0.05, 0) is 37.0 Å². The van der Waals surface area contributed by atoms with Gasteiger partial charge in [-0.3, -0.25) is 4.79 Å². The van der Waals surface area contributed by atoms with Crippen LogP contribution in [0.15, 0.2) is 29.2 Å². The van der Waals surface area contributed by atoms with Crippen LogP contribution in [0.2, 0.25) is 0 Å². The van der Waals surface area contributed by atoms with Crippen molar-refractivity contribution < 1.29 is 26.4 Å². The smallest absolute Gasteiger partial charge is 0.322 e.